The second-order valence-electron chi connectivity index (χ2n) is 7.05. The zero-order chi connectivity index (χ0) is 18.8. The molecule has 142 valence electrons. The number of hydrogen-bond acceptors (Lipinski definition) is 3. The van der Waals surface area contributed by atoms with Crippen LogP contribution in [-0.4, -0.2) is 55.7 Å². The highest BCUT2D eigenvalue weighted by Gasteiger charge is 2.30. The van der Waals surface area contributed by atoms with Gasteiger partial charge in [0.15, 0.2) is 11.6 Å². The second-order valence-corrected chi connectivity index (χ2v) is 7.05. The van der Waals surface area contributed by atoms with Crippen molar-refractivity contribution in [1.82, 2.24) is 9.80 Å². The van der Waals surface area contributed by atoms with Crippen LogP contribution in [0.4, 0.5) is 14.9 Å². The van der Waals surface area contributed by atoms with Gasteiger partial charge < -0.3 is 9.64 Å². The van der Waals surface area contributed by atoms with Gasteiger partial charge in [-0.05, 0) is 35.7 Å². The van der Waals surface area contributed by atoms with E-state index in [4.69, 9.17) is 4.74 Å². The van der Waals surface area contributed by atoms with E-state index in [1.165, 1.54) is 18.7 Å². The summed E-state index contributed by atoms with van der Waals surface area (Å²) >= 11 is 0. The summed E-state index contributed by atoms with van der Waals surface area (Å²) in [6.07, 6.45) is 0.922. The van der Waals surface area contributed by atoms with Crippen LogP contribution >= 0.6 is 0 Å². The van der Waals surface area contributed by atoms with Crippen LogP contribution in [0.3, 0.4) is 0 Å². The summed E-state index contributed by atoms with van der Waals surface area (Å²) in [6.45, 7) is 4.38. The minimum atomic E-state index is -0.337. The molecule has 0 atom stereocenters. The van der Waals surface area contributed by atoms with Crippen LogP contribution in [0.25, 0.3) is 0 Å². The summed E-state index contributed by atoms with van der Waals surface area (Å²) in [6, 6.07) is 13.3. The number of urea groups is 1. The highest BCUT2D eigenvalue weighted by molar-refractivity contribution is 5.94. The molecule has 6 heteroatoms. The zero-order valence-corrected chi connectivity index (χ0v) is 15.5. The minimum Gasteiger partial charge on any atom is -0.494 e. The maximum absolute atomic E-state index is 13.9. The lowest BCUT2D eigenvalue weighted by Crippen LogP contribution is -2.52. The molecule has 2 aromatic carbocycles. The third kappa shape index (κ3) is 3.62. The normalized spacial score (nSPS) is 17.1. The first kappa shape index (κ1) is 17.8. The number of hydrogen-bond donors (Lipinski definition) is 0. The Balaban J connectivity index is 1.34. The fourth-order valence-electron chi connectivity index (χ4n) is 3.87. The van der Waals surface area contributed by atoms with Crippen molar-refractivity contribution in [1.29, 1.82) is 0 Å². The average molecular weight is 369 g/mol. The Morgan fingerprint density at radius 3 is 2.59 bits per heavy atom. The summed E-state index contributed by atoms with van der Waals surface area (Å²) in [5, 5.41) is 0. The van der Waals surface area contributed by atoms with Gasteiger partial charge in [-0.2, -0.15) is 0 Å². The van der Waals surface area contributed by atoms with E-state index < -0.39 is 0 Å². The van der Waals surface area contributed by atoms with E-state index in [1.807, 2.05) is 34.1 Å². The summed E-state index contributed by atoms with van der Waals surface area (Å²) < 4.78 is 18.8. The van der Waals surface area contributed by atoms with Gasteiger partial charge in [0.1, 0.15) is 0 Å². The van der Waals surface area contributed by atoms with Crippen LogP contribution in [0.2, 0.25) is 0 Å². The van der Waals surface area contributed by atoms with E-state index in [0.717, 1.165) is 37.3 Å². The van der Waals surface area contributed by atoms with Crippen LogP contribution in [0.1, 0.15) is 11.1 Å². The molecule has 0 saturated carbocycles. The number of fused-ring (bicyclic) bond motifs is 1. The monoisotopic (exact) mass is 369 g/mol. The van der Waals surface area contributed by atoms with Crippen molar-refractivity contribution in [2.24, 2.45) is 0 Å². The Hall–Kier alpha value is -2.60. The molecule has 0 radical (unpaired) electrons. The third-order valence-electron chi connectivity index (χ3n) is 5.38. The van der Waals surface area contributed by atoms with Gasteiger partial charge in [0, 0.05) is 45.0 Å². The van der Waals surface area contributed by atoms with E-state index in [-0.39, 0.29) is 17.6 Å². The summed E-state index contributed by atoms with van der Waals surface area (Å²) in [7, 11) is 1.47. The molecule has 0 bridgehead atoms. The molecule has 5 nitrogen and oxygen atoms in total. The number of amides is 2. The Bertz CT molecular complexity index is 834. The van der Waals surface area contributed by atoms with Gasteiger partial charge in [-0.1, -0.05) is 24.3 Å². The molecule has 1 saturated heterocycles. The quantitative estimate of drug-likeness (QED) is 0.834. The first-order valence-electron chi connectivity index (χ1n) is 9.35. The largest absolute Gasteiger partial charge is 0.494 e. The molecule has 4 rings (SSSR count). The molecule has 2 aliphatic rings. The number of carbonyl (C=O) groups excluding carboxylic acids is 1. The highest BCUT2D eigenvalue weighted by atomic mass is 19.1. The topological polar surface area (TPSA) is 36.0 Å². The van der Waals surface area contributed by atoms with Gasteiger partial charge in [0.2, 0.25) is 0 Å². The van der Waals surface area contributed by atoms with Gasteiger partial charge in [0.05, 0.1) is 7.11 Å². The second kappa shape index (κ2) is 7.56. The molecule has 1 fully saturated rings. The molecule has 2 aromatic rings. The number of rotatable bonds is 3. The molecule has 0 N–H and O–H groups in total. The first-order valence-corrected chi connectivity index (χ1v) is 9.35. The minimum absolute atomic E-state index is 0.0927. The van der Waals surface area contributed by atoms with Crippen LogP contribution in [-0.2, 0) is 13.0 Å². The van der Waals surface area contributed by atoms with Crippen molar-refractivity contribution in [3.8, 4) is 5.75 Å². The van der Waals surface area contributed by atoms with Crippen molar-refractivity contribution in [3.05, 3.63) is 59.4 Å². The number of benzene rings is 2. The first-order chi connectivity index (χ1) is 13.2. The number of anilines is 1. The third-order valence-corrected chi connectivity index (χ3v) is 5.38. The fourth-order valence-corrected chi connectivity index (χ4v) is 3.87. The Morgan fingerprint density at radius 2 is 1.85 bits per heavy atom. The summed E-state index contributed by atoms with van der Waals surface area (Å²) in [5.41, 5.74) is 3.20. The van der Waals surface area contributed by atoms with E-state index in [2.05, 4.69) is 11.0 Å². The van der Waals surface area contributed by atoms with Gasteiger partial charge in [-0.25, -0.2) is 9.18 Å². The van der Waals surface area contributed by atoms with E-state index in [1.54, 1.807) is 6.07 Å². The molecule has 0 aliphatic carbocycles. The lowest BCUT2D eigenvalue weighted by atomic mass is 10.2. The van der Waals surface area contributed by atoms with Crippen molar-refractivity contribution >= 4 is 11.7 Å². The number of para-hydroxylation sites is 1. The number of halogens is 1. The van der Waals surface area contributed by atoms with Gasteiger partial charge in [-0.15, -0.1) is 0 Å². The van der Waals surface area contributed by atoms with Crippen LogP contribution < -0.4 is 9.64 Å². The van der Waals surface area contributed by atoms with Crippen molar-refractivity contribution in [2.75, 3.05) is 44.7 Å². The van der Waals surface area contributed by atoms with Crippen molar-refractivity contribution < 1.29 is 13.9 Å². The smallest absolute Gasteiger partial charge is 0.324 e. The predicted octanol–water partition coefficient (Wildman–Crippen LogP) is 3.13. The fraction of sp³-hybridized carbons (Fsp3) is 0.381. The molecular formula is C21H24FN3O2. The maximum atomic E-state index is 13.9. The van der Waals surface area contributed by atoms with Crippen LogP contribution in [0, 0.1) is 5.82 Å². The highest BCUT2D eigenvalue weighted by Crippen LogP contribution is 2.28. The number of carbonyl (C=O) groups is 1. The average Bonchev–Trinajstić information content (AvgIpc) is 3.12. The molecule has 0 aromatic heterocycles. The molecule has 0 unspecified atom stereocenters. The van der Waals surface area contributed by atoms with E-state index in [9.17, 15) is 9.18 Å². The maximum Gasteiger partial charge on any atom is 0.324 e. The molecular weight excluding hydrogens is 345 g/mol. The number of nitrogens with zero attached hydrogens (tertiary/aromatic N) is 3. The van der Waals surface area contributed by atoms with Crippen LogP contribution in [0.5, 0.6) is 5.75 Å². The number of ether oxygens (including phenoxy) is 1. The van der Waals surface area contributed by atoms with Crippen molar-refractivity contribution in [3.63, 3.8) is 0 Å². The van der Waals surface area contributed by atoms with Crippen molar-refractivity contribution in [2.45, 2.75) is 13.0 Å². The Morgan fingerprint density at radius 1 is 1.07 bits per heavy atom. The SMILES string of the molecule is COc1ccc(CN2CCN(C(=O)N3CCc4ccccc43)CC2)cc1F. The number of piperazine rings is 1. The molecule has 2 heterocycles. The standard InChI is InChI=1S/C21H24FN3O2/c1-27-20-7-6-16(14-18(20)22)15-23-10-12-24(13-11-23)21(26)25-9-8-17-4-2-3-5-19(17)25/h2-7,14H,8-13,15H2,1H3. The van der Waals surface area contributed by atoms with E-state index >= 15 is 0 Å². The van der Waals surface area contributed by atoms with Gasteiger partial charge in [-0.3, -0.25) is 9.80 Å². The summed E-state index contributed by atoms with van der Waals surface area (Å²) in [5.74, 6) is -0.0726. The Kier molecular flexibility index (Phi) is 4.99. The predicted molar refractivity (Wildman–Crippen MR) is 103 cm³/mol. The van der Waals surface area contributed by atoms with Crippen LogP contribution in [0.15, 0.2) is 42.5 Å². The molecule has 0 spiro atoms. The zero-order valence-electron chi connectivity index (χ0n) is 15.5. The lowest BCUT2D eigenvalue weighted by molar-refractivity contribution is 0.139. The molecule has 27 heavy (non-hydrogen) atoms. The Labute approximate surface area is 158 Å². The molecule has 2 amide bonds. The van der Waals surface area contributed by atoms with Gasteiger partial charge in [0.25, 0.3) is 0 Å². The van der Waals surface area contributed by atoms with E-state index in [0.29, 0.717) is 19.6 Å². The lowest BCUT2D eigenvalue weighted by Gasteiger charge is -2.36. The molecule has 2 aliphatic heterocycles. The summed E-state index contributed by atoms with van der Waals surface area (Å²) in [4.78, 5) is 19.0. The number of methoxy groups -OCH3 is 1. The van der Waals surface area contributed by atoms with Gasteiger partial charge >= 0.3 is 6.03 Å².